The Bertz CT molecular complexity index is 980. The van der Waals surface area contributed by atoms with Crippen molar-refractivity contribution in [3.63, 3.8) is 0 Å². The average molecular weight is 451 g/mol. The van der Waals surface area contributed by atoms with Gasteiger partial charge in [-0.15, -0.1) is 11.3 Å². The highest BCUT2D eigenvalue weighted by Crippen LogP contribution is 2.33. The number of piperidine rings is 1. The van der Waals surface area contributed by atoms with E-state index in [0.29, 0.717) is 31.9 Å². The second kappa shape index (κ2) is 9.01. The first kappa shape index (κ1) is 21.2. The summed E-state index contributed by atoms with van der Waals surface area (Å²) in [5.74, 6) is 0. The molecular weight excluding hydrogens is 424 g/mol. The molecule has 0 atom stereocenters. The highest BCUT2D eigenvalue weighted by atomic mass is 32.2. The van der Waals surface area contributed by atoms with Crippen LogP contribution in [0.15, 0.2) is 40.6 Å². The molecule has 4 rings (SSSR count). The van der Waals surface area contributed by atoms with E-state index in [1.165, 1.54) is 21.3 Å². The van der Waals surface area contributed by atoms with Gasteiger partial charge in [0.05, 0.1) is 9.82 Å². The van der Waals surface area contributed by atoms with Gasteiger partial charge in [0.1, 0.15) is 5.69 Å². The minimum absolute atomic E-state index is 0.0104. The van der Waals surface area contributed by atoms with E-state index in [1.54, 1.807) is 17.4 Å². The Morgan fingerprint density at radius 2 is 1.73 bits per heavy atom. The minimum Gasteiger partial charge on any atom is -0.363 e. The predicted molar refractivity (Wildman–Crippen MR) is 118 cm³/mol. The molecule has 0 aliphatic carbocycles. The molecule has 10 heteroatoms. The first-order valence-electron chi connectivity index (χ1n) is 10.2. The Morgan fingerprint density at radius 3 is 2.37 bits per heavy atom. The van der Waals surface area contributed by atoms with Crippen molar-refractivity contribution in [2.75, 3.05) is 44.2 Å². The van der Waals surface area contributed by atoms with Gasteiger partial charge < -0.3 is 4.90 Å². The summed E-state index contributed by atoms with van der Waals surface area (Å²) < 4.78 is 27.3. The Balaban J connectivity index is 1.51. The molecule has 162 valence electrons. The van der Waals surface area contributed by atoms with E-state index in [4.69, 9.17) is 0 Å². The molecule has 1 aromatic carbocycles. The Hall–Kier alpha value is -2.01. The Labute approximate surface area is 180 Å². The van der Waals surface area contributed by atoms with E-state index in [2.05, 4.69) is 16.3 Å². The van der Waals surface area contributed by atoms with Crippen LogP contribution < -0.4 is 4.90 Å². The van der Waals surface area contributed by atoms with Gasteiger partial charge in [-0.3, -0.25) is 15.0 Å². The van der Waals surface area contributed by atoms with Crippen LogP contribution in [0.3, 0.4) is 0 Å². The molecule has 1 aromatic heterocycles. The van der Waals surface area contributed by atoms with Gasteiger partial charge in [0, 0.05) is 56.8 Å². The van der Waals surface area contributed by atoms with Gasteiger partial charge in [0.25, 0.3) is 5.69 Å². The van der Waals surface area contributed by atoms with E-state index >= 15 is 0 Å². The standard InChI is InChI=1S/C20H26N4O4S2/c25-24(26)20-15-18(30(27,28)23-8-2-1-3-9-23)6-7-19(20)22-12-10-21(11-13-22)16-17-5-4-14-29-17/h4-7,14-15H,1-3,8-13,16H2. The maximum Gasteiger partial charge on any atom is 0.293 e. The van der Waals surface area contributed by atoms with Crippen molar-refractivity contribution in [3.05, 3.63) is 50.7 Å². The number of thiophene rings is 1. The van der Waals surface area contributed by atoms with Crippen molar-refractivity contribution >= 4 is 32.7 Å². The fourth-order valence-corrected chi connectivity index (χ4v) is 6.39. The number of hydrogen-bond donors (Lipinski definition) is 0. The van der Waals surface area contributed by atoms with Gasteiger partial charge in [-0.2, -0.15) is 4.31 Å². The van der Waals surface area contributed by atoms with Crippen LogP contribution in [0.2, 0.25) is 0 Å². The molecule has 8 nitrogen and oxygen atoms in total. The second-order valence-electron chi connectivity index (χ2n) is 7.71. The normalized spacial score (nSPS) is 19.1. The number of hydrogen-bond acceptors (Lipinski definition) is 7. The van der Waals surface area contributed by atoms with Crippen molar-refractivity contribution in [2.45, 2.75) is 30.7 Å². The van der Waals surface area contributed by atoms with Gasteiger partial charge in [-0.1, -0.05) is 12.5 Å². The third-order valence-corrected chi connectivity index (χ3v) is 8.52. The molecule has 0 spiro atoms. The number of nitrogens with zero attached hydrogens (tertiary/aromatic N) is 4. The average Bonchev–Trinajstić information content (AvgIpc) is 3.27. The number of benzene rings is 1. The second-order valence-corrected chi connectivity index (χ2v) is 10.7. The molecule has 0 bridgehead atoms. The highest BCUT2D eigenvalue weighted by molar-refractivity contribution is 7.89. The molecule has 0 radical (unpaired) electrons. The number of nitro benzene ring substituents is 1. The van der Waals surface area contributed by atoms with Crippen LogP contribution in [0, 0.1) is 10.1 Å². The fraction of sp³-hybridized carbons (Fsp3) is 0.500. The largest absolute Gasteiger partial charge is 0.363 e. The van der Waals surface area contributed by atoms with Crippen molar-refractivity contribution in [2.24, 2.45) is 0 Å². The van der Waals surface area contributed by atoms with Crippen LogP contribution >= 0.6 is 11.3 Å². The lowest BCUT2D eigenvalue weighted by Gasteiger charge is -2.35. The lowest BCUT2D eigenvalue weighted by Crippen LogP contribution is -2.46. The SMILES string of the molecule is O=[N+]([O-])c1cc(S(=O)(=O)N2CCCCC2)ccc1N1CCN(Cc2cccs2)CC1. The summed E-state index contributed by atoms with van der Waals surface area (Å²) in [6, 6.07) is 8.51. The molecule has 2 saturated heterocycles. The first-order valence-corrected chi connectivity index (χ1v) is 12.6. The summed E-state index contributed by atoms with van der Waals surface area (Å²) in [6.45, 7) is 4.80. The Morgan fingerprint density at radius 1 is 1.00 bits per heavy atom. The molecule has 2 aliphatic rings. The summed E-state index contributed by atoms with van der Waals surface area (Å²) in [7, 11) is -3.70. The molecule has 0 unspecified atom stereocenters. The summed E-state index contributed by atoms with van der Waals surface area (Å²) >= 11 is 1.73. The lowest BCUT2D eigenvalue weighted by atomic mass is 10.2. The summed E-state index contributed by atoms with van der Waals surface area (Å²) in [5, 5.41) is 13.8. The summed E-state index contributed by atoms with van der Waals surface area (Å²) in [6.07, 6.45) is 2.67. The quantitative estimate of drug-likeness (QED) is 0.496. The third-order valence-electron chi connectivity index (χ3n) is 5.77. The maximum absolute atomic E-state index is 12.9. The first-order chi connectivity index (χ1) is 14.4. The van der Waals surface area contributed by atoms with E-state index in [1.807, 2.05) is 11.0 Å². The zero-order valence-corrected chi connectivity index (χ0v) is 18.4. The zero-order chi connectivity index (χ0) is 21.1. The van der Waals surface area contributed by atoms with Crippen molar-refractivity contribution in [1.29, 1.82) is 0 Å². The fourth-order valence-electron chi connectivity index (χ4n) is 4.10. The molecular formula is C20H26N4O4S2. The monoisotopic (exact) mass is 450 g/mol. The lowest BCUT2D eigenvalue weighted by molar-refractivity contribution is -0.384. The molecule has 30 heavy (non-hydrogen) atoms. The predicted octanol–water partition coefficient (Wildman–Crippen LogP) is 3.15. The smallest absolute Gasteiger partial charge is 0.293 e. The van der Waals surface area contributed by atoms with E-state index in [9.17, 15) is 18.5 Å². The van der Waals surface area contributed by atoms with Crippen LogP contribution in [-0.2, 0) is 16.6 Å². The van der Waals surface area contributed by atoms with E-state index in [-0.39, 0.29) is 10.6 Å². The van der Waals surface area contributed by atoms with Crippen molar-refractivity contribution < 1.29 is 13.3 Å². The molecule has 2 aromatic rings. The number of sulfonamides is 1. The Kier molecular flexibility index (Phi) is 6.37. The van der Waals surface area contributed by atoms with E-state index in [0.717, 1.165) is 38.9 Å². The third kappa shape index (κ3) is 4.51. The van der Waals surface area contributed by atoms with Crippen LogP contribution in [-0.4, -0.2) is 61.8 Å². The zero-order valence-electron chi connectivity index (χ0n) is 16.8. The molecule has 0 amide bonds. The summed E-state index contributed by atoms with van der Waals surface area (Å²) in [5.41, 5.74) is 0.355. The topological polar surface area (TPSA) is 87.0 Å². The van der Waals surface area contributed by atoms with Crippen LogP contribution in [0.25, 0.3) is 0 Å². The van der Waals surface area contributed by atoms with Crippen LogP contribution in [0.4, 0.5) is 11.4 Å². The maximum atomic E-state index is 12.9. The van der Waals surface area contributed by atoms with Crippen molar-refractivity contribution in [3.8, 4) is 0 Å². The molecule has 0 saturated carbocycles. The van der Waals surface area contributed by atoms with Crippen molar-refractivity contribution in [1.82, 2.24) is 9.21 Å². The molecule has 0 N–H and O–H groups in total. The minimum atomic E-state index is -3.70. The number of nitro groups is 1. The number of rotatable bonds is 6. The van der Waals surface area contributed by atoms with Gasteiger partial charge in [-0.25, -0.2) is 8.42 Å². The molecule has 2 aliphatic heterocycles. The van der Waals surface area contributed by atoms with Gasteiger partial charge >= 0.3 is 0 Å². The highest BCUT2D eigenvalue weighted by Gasteiger charge is 2.30. The van der Waals surface area contributed by atoms with Crippen LogP contribution in [0.5, 0.6) is 0 Å². The summed E-state index contributed by atoms with van der Waals surface area (Å²) in [4.78, 5) is 16.9. The van der Waals surface area contributed by atoms with Gasteiger partial charge in [0.15, 0.2) is 0 Å². The molecule has 3 heterocycles. The molecule has 2 fully saturated rings. The van der Waals surface area contributed by atoms with Crippen LogP contribution in [0.1, 0.15) is 24.1 Å². The van der Waals surface area contributed by atoms with Gasteiger partial charge in [-0.05, 0) is 36.4 Å². The number of anilines is 1. The van der Waals surface area contributed by atoms with E-state index < -0.39 is 14.9 Å². The number of piperazine rings is 1. The van der Waals surface area contributed by atoms with Gasteiger partial charge in [0.2, 0.25) is 10.0 Å².